The largest absolute Gasteiger partial charge is 0.395 e. The first-order valence-corrected chi connectivity index (χ1v) is 12.9. The molecule has 8 heteroatoms. The number of hydrogen-bond donors (Lipinski definition) is 1. The summed E-state index contributed by atoms with van der Waals surface area (Å²) in [6.07, 6.45) is 3.78. The van der Waals surface area contributed by atoms with E-state index in [-0.39, 0.29) is 43.3 Å². The Morgan fingerprint density at radius 2 is 1.89 bits per heavy atom. The molecule has 0 radical (unpaired) electrons. The van der Waals surface area contributed by atoms with Crippen LogP contribution in [0.1, 0.15) is 31.4 Å². The van der Waals surface area contributed by atoms with Crippen LogP contribution in [0.15, 0.2) is 43.5 Å². The minimum Gasteiger partial charge on any atom is -0.395 e. The zero-order valence-corrected chi connectivity index (χ0v) is 22.6. The van der Waals surface area contributed by atoms with E-state index in [4.69, 9.17) is 4.74 Å². The Morgan fingerprint density at radius 1 is 1.22 bits per heavy atom. The number of aliphatic hydroxyl groups is 1. The van der Waals surface area contributed by atoms with Crippen molar-refractivity contribution in [3.05, 3.63) is 54.6 Å². The van der Waals surface area contributed by atoms with Crippen LogP contribution in [0.5, 0.6) is 0 Å². The van der Waals surface area contributed by atoms with Gasteiger partial charge in [-0.2, -0.15) is 0 Å². The molecule has 1 N–H and O–H groups in total. The van der Waals surface area contributed by atoms with Crippen molar-refractivity contribution in [1.82, 2.24) is 9.80 Å². The van der Waals surface area contributed by atoms with E-state index in [1.54, 1.807) is 29.0 Å². The van der Waals surface area contributed by atoms with Gasteiger partial charge in [0.1, 0.15) is 11.6 Å². The third kappa shape index (κ3) is 3.92. The number of hydrogen-bond acceptors (Lipinski definition) is 5. The van der Waals surface area contributed by atoms with Crippen molar-refractivity contribution in [2.75, 3.05) is 38.2 Å². The molecule has 1 spiro atoms. The summed E-state index contributed by atoms with van der Waals surface area (Å²) in [6, 6.07) is 4.93. The van der Waals surface area contributed by atoms with E-state index in [1.807, 2.05) is 45.9 Å². The van der Waals surface area contributed by atoms with E-state index in [2.05, 4.69) is 13.2 Å². The second-order valence-corrected chi connectivity index (χ2v) is 11.0. The summed E-state index contributed by atoms with van der Waals surface area (Å²) in [5.74, 6) is -2.39. The fourth-order valence-electron chi connectivity index (χ4n) is 6.86. The lowest BCUT2D eigenvalue weighted by Crippen LogP contribution is -2.57. The van der Waals surface area contributed by atoms with Crippen molar-refractivity contribution in [1.29, 1.82) is 0 Å². The summed E-state index contributed by atoms with van der Waals surface area (Å²) in [5, 5.41) is 9.89. The fraction of sp³-hybridized carbons (Fsp3) is 0.552. The summed E-state index contributed by atoms with van der Waals surface area (Å²) in [6.45, 7) is 15.7. The molecule has 3 aliphatic heterocycles. The lowest BCUT2D eigenvalue weighted by atomic mass is 9.62. The highest BCUT2D eigenvalue weighted by Crippen LogP contribution is 2.65. The second-order valence-electron chi connectivity index (χ2n) is 11.0. The predicted molar refractivity (Wildman–Crippen MR) is 142 cm³/mol. The summed E-state index contributed by atoms with van der Waals surface area (Å²) >= 11 is 0. The van der Waals surface area contributed by atoms with Gasteiger partial charge in [0.05, 0.1) is 24.0 Å². The van der Waals surface area contributed by atoms with Gasteiger partial charge in [-0.25, -0.2) is 0 Å². The van der Waals surface area contributed by atoms with E-state index in [1.165, 1.54) is 4.90 Å². The molecule has 3 saturated heterocycles. The Balaban J connectivity index is 1.85. The number of benzene rings is 1. The molecule has 1 aromatic rings. The highest BCUT2D eigenvalue weighted by atomic mass is 16.5. The molecular formula is C29H39N3O5. The number of anilines is 1. The van der Waals surface area contributed by atoms with Gasteiger partial charge in [-0.1, -0.05) is 31.2 Å². The third-order valence-corrected chi connectivity index (χ3v) is 8.67. The molecule has 200 valence electrons. The molecule has 0 aromatic heterocycles. The molecule has 0 aliphatic carbocycles. The van der Waals surface area contributed by atoms with E-state index in [0.29, 0.717) is 13.0 Å². The lowest BCUT2D eigenvalue weighted by molar-refractivity contribution is -0.150. The summed E-state index contributed by atoms with van der Waals surface area (Å²) < 4.78 is 6.75. The highest BCUT2D eigenvalue weighted by Gasteiger charge is 2.80. The van der Waals surface area contributed by atoms with Gasteiger partial charge in [0.15, 0.2) is 0 Å². The van der Waals surface area contributed by atoms with Gasteiger partial charge in [0.2, 0.25) is 11.8 Å². The monoisotopic (exact) mass is 509 g/mol. The minimum absolute atomic E-state index is 0.0138. The zero-order valence-electron chi connectivity index (χ0n) is 22.6. The number of aliphatic hydroxyl groups excluding tert-OH is 1. The van der Waals surface area contributed by atoms with Gasteiger partial charge in [-0.15, -0.1) is 13.2 Å². The van der Waals surface area contributed by atoms with Crippen molar-refractivity contribution < 1.29 is 24.2 Å². The van der Waals surface area contributed by atoms with Crippen molar-refractivity contribution in [3.63, 3.8) is 0 Å². The van der Waals surface area contributed by atoms with E-state index >= 15 is 0 Å². The average molecular weight is 510 g/mol. The number of ether oxygens (including phenoxy) is 1. The van der Waals surface area contributed by atoms with Gasteiger partial charge >= 0.3 is 0 Å². The standard InChI is InChI=1S/C29H39N3O5/c1-8-12-30(7)25(34)22-23-26(35)32(14-15-33)24(29(23)17-20(5)28(22,6)37-29)27(36)31(13-9-2)21-16-18(3)10-11-19(21)4/h8-11,16,20,22-24,33H,1-2,12-15,17H2,3-7H3/t20?,22-,23+,24?,28+,29?/m1/s1. The Morgan fingerprint density at radius 3 is 2.51 bits per heavy atom. The Labute approximate surface area is 219 Å². The lowest BCUT2D eigenvalue weighted by Gasteiger charge is -2.38. The fourth-order valence-corrected chi connectivity index (χ4v) is 6.86. The maximum atomic E-state index is 14.5. The molecule has 3 heterocycles. The predicted octanol–water partition coefficient (Wildman–Crippen LogP) is 2.47. The number of carbonyl (C=O) groups is 3. The maximum absolute atomic E-state index is 14.5. The number of aryl methyl sites for hydroxylation is 2. The van der Waals surface area contributed by atoms with Crippen molar-refractivity contribution in [2.45, 2.75) is 51.4 Å². The Bertz CT molecular complexity index is 1130. The van der Waals surface area contributed by atoms with Gasteiger partial charge in [-0.3, -0.25) is 14.4 Å². The molecule has 1 aromatic carbocycles. The molecule has 2 bridgehead atoms. The van der Waals surface area contributed by atoms with E-state index in [9.17, 15) is 19.5 Å². The smallest absolute Gasteiger partial charge is 0.253 e. The van der Waals surface area contributed by atoms with E-state index < -0.39 is 29.1 Å². The van der Waals surface area contributed by atoms with Crippen LogP contribution in [-0.4, -0.2) is 83.2 Å². The first-order chi connectivity index (χ1) is 17.5. The zero-order chi connectivity index (χ0) is 27.3. The number of β-amino-alcohol motifs (C(OH)–C–C–N with tert-alkyl or cyclic N) is 1. The second kappa shape index (κ2) is 9.72. The quantitative estimate of drug-likeness (QED) is 0.517. The number of amides is 3. The number of carbonyl (C=O) groups excluding carboxylic acids is 3. The highest BCUT2D eigenvalue weighted by molar-refractivity contribution is 6.05. The number of fused-ring (bicyclic) bond motifs is 1. The van der Waals surface area contributed by atoms with Gasteiger partial charge in [0.25, 0.3) is 5.91 Å². The summed E-state index contributed by atoms with van der Waals surface area (Å²) in [4.78, 5) is 46.9. The van der Waals surface area contributed by atoms with Crippen LogP contribution in [0.4, 0.5) is 5.69 Å². The SMILES string of the molecule is C=CCN(C)C(=O)[C@H]1[C@H]2C(=O)N(CCO)C(C(=O)N(CC=C)c3cc(C)ccc3C)C23CC(C)[C@]1(C)O3. The Kier molecular flexibility index (Phi) is 7.12. The van der Waals surface area contributed by atoms with Crippen molar-refractivity contribution >= 4 is 23.4 Å². The summed E-state index contributed by atoms with van der Waals surface area (Å²) in [5.41, 5.74) is 0.613. The molecule has 3 aliphatic rings. The molecule has 37 heavy (non-hydrogen) atoms. The van der Waals surface area contributed by atoms with Crippen LogP contribution in [-0.2, 0) is 19.1 Å². The van der Waals surface area contributed by atoms with Gasteiger partial charge < -0.3 is 24.5 Å². The van der Waals surface area contributed by atoms with E-state index in [0.717, 1.165) is 16.8 Å². The van der Waals surface area contributed by atoms with Crippen molar-refractivity contribution in [2.24, 2.45) is 17.8 Å². The van der Waals surface area contributed by atoms with Crippen LogP contribution in [0, 0.1) is 31.6 Å². The summed E-state index contributed by atoms with van der Waals surface area (Å²) in [7, 11) is 1.69. The molecule has 3 fully saturated rings. The molecule has 0 saturated carbocycles. The van der Waals surface area contributed by atoms with Gasteiger partial charge in [0, 0.05) is 32.4 Å². The maximum Gasteiger partial charge on any atom is 0.253 e. The number of nitrogens with zero attached hydrogens (tertiary/aromatic N) is 3. The van der Waals surface area contributed by atoms with Crippen LogP contribution in [0.2, 0.25) is 0 Å². The van der Waals surface area contributed by atoms with Crippen LogP contribution < -0.4 is 4.90 Å². The number of rotatable bonds is 9. The molecule has 6 atom stereocenters. The first-order valence-electron chi connectivity index (χ1n) is 12.9. The first kappa shape index (κ1) is 27.1. The van der Waals surface area contributed by atoms with Gasteiger partial charge in [-0.05, 0) is 50.3 Å². The van der Waals surface area contributed by atoms with Crippen molar-refractivity contribution in [3.8, 4) is 0 Å². The number of likely N-dealkylation sites (tertiary alicyclic amines) is 1. The topological polar surface area (TPSA) is 90.4 Å². The molecule has 3 amide bonds. The molecule has 4 rings (SSSR count). The molecular weight excluding hydrogens is 470 g/mol. The number of likely N-dealkylation sites (N-methyl/N-ethyl adjacent to an activating group) is 1. The van der Waals surface area contributed by atoms with Crippen LogP contribution in [0.25, 0.3) is 0 Å². The average Bonchev–Trinajstić information content (AvgIpc) is 3.36. The van der Waals surface area contributed by atoms with Crippen LogP contribution in [0.3, 0.4) is 0 Å². The molecule has 8 nitrogen and oxygen atoms in total. The molecule has 3 unspecified atom stereocenters. The third-order valence-electron chi connectivity index (χ3n) is 8.67. The normalized spacial score (nSPS) is 31.8. The Hall–Kier alpha value is -2.97. The minimum atomic E-state index is -1.16. The van der Waals surface area contributed by atoms with Crippen LogP contribution >= 0.6 is 0 Å².